The predicted octanol–water partition coefficient (Wildman–Crippen LogP) is 1.95. The highest BCUT2D eigenvalue weighted by Crippen LogP contribution is 2.33. The maximum atomic E-state index is 8.36. The zero-order chi connectivity index (χ0) is 25.0. The van der Waals surface area contributed by atoms with E-state index >= 15 is 0 Å². The van der Waals surface area contributed by atoms with E-state index in [2.05, 4.69) is 30.0 Å². The molecule has 35 heavy (non-hydrogen) atoms. The molecule has 2 aliphatic rings. The van der Waals surface area contributed by atoms with Crippen LogP contribution in [-0.4, -0.2) is 83.9 Å². The summed E-state index contributed by atoms with van der Waals surface area (Å²) in [6.45, 7) is 7.76. The van der Waals surface area contributed by atoms with Gasteiger partial charge in [-0.3, -0.25) is 19.4 Å². The van der Waals surface area contributed by atoms with Gasteiger partial charge in [0, 0.05) is 31.4 Å². The summed E-state index contributed by atoms with van der Waals surface area (Å²) in [4.78, 5) is 30.6. The highest BCUT2D eigenvalue weighted by molar-refractivity contribution is 5.45. The first-order valence-corrected chi connectivity index (χ1v) is 11.7. The SMILES string of the molecule is Cc1nc(CN2CCC(C3CCN(Cc4cnn5cccnc45)CC3)CC2)no1.O=CO.O=CO. The van der Waals surface area contributed by atoms with Gasteiger partial charge in [-0.15, -0.1) is 0 Å². The second-order valence-corrected chi connectivity index (χ2v) is 8.73. The molecule has 190 valence electrons. The number of likely N-dealkylation sites (tertiary alicyclic amines) is 2. The summed E-state index contributed by atoms with van der Waals surface area (Å²) >= 11 is 0. The molecule has 3 aromatic rings. The van der Waals surface area contributed by atoms with Crippen molar-refractivity contribution in [3.05, 3.63) is 41.9 Å². The summed E-state index contributed by atoms with van der Waals surface area (Å²) in [5, 5.41) is 22.2. The molecule has 0 unspecified atom stereocenters. The third kappa shape index (κ3) is 7.55. The molecule has 0 aliphatic carbocycles. The predicted molar refractivity (Wildman–Crippen MR) is 125 cm³/mol. The number of carboxylic acid groups (broad SMARTS) is 2. The van der Waals surface area contributed by atoms with Gasteiger partial charge in [-0.2, -0.15) is 10.1 Å². The molecule has 5 heterocycles. The van der Waals surface area contributed by atoms with Crippen molar-refractivity contribution >= 4 is 18.6 Å². The minimum atomic E-state index is -0.250. The van der Waals surface area contributed by atoms with Crippen molar-refractivity contribution in [2.24, 2.45) is 11.8 Å². The lowest BCUT2D eigenvalue weighted by molar-refractivity contribution is -0.123. The van der Waals surface area contributed by atoms with Crippen LogP contribution in [0.4, 0.5) is 0 Å². The Morgan fingerprint density at radius 1 is 1.00 bits per heavy atom. The number of nitrogens with zero attached hydrogens (tertiary/aromatic N) is 7. The summed E-state index contributed by atoms with van der Waals surface area (Å²) in [5.74, 6) is 3.19. The molecule has 0 radical (unpaired) electrons. The van der Waals surface area contributed by atoms with E-state index in [9.17, 15) is 0 Å². The van der Waals surface area contributed by atoms with Gasteiger partial charge in [0.05, 0.1) is 12.7 Å². The molecule has 0 bridgehead atoms. The molecule has 3 aromatic heterocycles. The monoisotopic (exact) mass is 487 g/mol. The molecule has 0 atom stereocenters. The molecule has 2 saturated heterocycles. The van der Waals surface area contributed by atoms with Crippen molar-refractivity contribution in [1.82, 2.24) is 34.5 Å². The zero-order valence-electron chi connectivity index (χ0n) is 19.9. The van der Waals surface area contributed by atoms with Crippen molar-refractivity contribution < 1.29 is 24.3 Å². The molecule has 0 spiro atoms. The normalized spacial score (nSPS) is 17.7. The van der Waals surface area contributed by atoms with Gasteiger partial charge in [-0.1, -0.05) is 5.16 Å². The van der Waals surface area contributed by atoms with E-state index in [1.807, 2.05) is 36.1 Å². The lowest BCUT2D eigenvalue weighted by Crippen LogP contribution is -2.40. The second kappa shape index (κ2) is 13.5. The number of fused-ring (bicyclic) bond motifs is 1. The molecule has 12 nitrogen and oxygen atoms in total. The summed E-state index contributed by atoms with van der Waals surface area (Å²) in [6.07, 6.45) is 11.0. The largest absolute Gasteiger partial charge is 0.483 e. The average molecular weight is 488 g/mol. The summed E-state index contributed by atoms with van der Waals surface area (Å²) in [7, 11) is 0. The fourth-order valence-corrected chi connectivity index (χ4v) is 5.00. The van der Waals surface area contributed by atoms with Crippen LogP contribution in [0, 0.1) is 18.8 Å². The molecule has 2 N–H and O–H groups in total. The van der Waals surface area contributed by atoms with E-state index in [1.165, 1.54) is 44.3 Å². The number of hydrogen-bond donors (Lipinski definition) is 2. The van der Waals surface area contributed by atoms with Crippen LogP contribution in [0.1, 0.15) is 43.0 Å². The van der Waals surface area contributed by atoms with E-state index in [0.29, 0.717) is 5.89 Å². The number of carbonyl (C=O) groups is 2. The molecule has 0 saturated carbocycles. The lowest BCUT2D eigenvalue weighted by Gasteiger charge is -2.40. The Bertz CT molecular complexity index is 1030. The van der Waals surface area contributed by atoms with Crippen LogP contribution in [0.5, 0.6) is 0 Å². The number of piperidine rings is 2. The van der Waals surface area contributed by atoms with E-state index in [1.54, 1.807) is 0 Å². The summed E-state index contributed by atoms with van der Waals surface area (Å²) < 4.78 is 6.96. The van der Waals surface area contributed by atoms with Crippen LogP contribution >= 0.6 is 0 Å². The Morgan fingerprint density at radius 3 is 2.11 bits per heavy atom. The van der Waals surface area contributed by atoms with Crippen LogP contribution in [0.25, 0.3) is 5.65 Å². The van der Waals surface area contributed by atoms with Crippen LogP contribution in [0.3, 0.4) is 0 Å². The Morgan fingerprint density at radius 2 is 1.57 bits per heavy atom. The molecule has 2 fully saturated rings. The van der Waals surface area contributed by atoms with Crippen molar-refractivity contribution in [3.63, 3.8) is 0 Å². The molecule has 2 aliphatic heterocycles. The minimum Gasteiger partial charge on any atom is -0.483 e. The van der Waals surface area contributed by atoms with Gasteiger partial charge in [0.1, 0.15) is 0 Å². The molecular weight excluding hydrogens is 454 g/mol. The number of aromatic nitrogens is 5. The zero-order valence-corrected chi connectivity index (χ0v) is 19.9. The highest BCUT2D eigenvalue weighted by Gasteiger charge is 2.30. The van der Waals surface area contributed by atoms with E-state index in [4.69, 9.17) is 24.3 Å². The lowest BCUT2D eigenvalue weighted by atomic mass is 9.79. The van der Waals surface area contributed by atoms with Crippen molar-refractivity contribution in [2.75, 3.05) is 26.2 Å². The van der Waals surface area contributed by atoms with E-state index in [0.717, 1.165) is 49.5 Å². The van der Waals surface area contributed by atoms with Gasteiger partial charge in [-0.05, 0) is 69.8 Å². The van der Waals surface area contributed by atoms with Crippen molar-refractivity contribution in [2.45, 2.75) is 45.7 Å². The second-order valence-electron chi connectivity index (χ2n) is 8.73. The van der Waals surface area contributed by atoms with Crippen LogP contribution < -0.4 is 0 Å². The quantitative estimate of drug-likeness (QED) is 0.508. The fraction of sp³-hybridized carbons (Fsp3) is 0.565. The molecule has 0 aromatic carbocycles. The Kier molecular flexibility index (Phi) is 10.1. The molecule has 12 heteroatoms. The van der Waals surface area contributed by atoms with Gasteiger partial charge < -0.3 is 14.7 Å². The molecular formula is C23H33N7O5. The van der Waals surface area contributed by atoms with Gasteiger partial charge >= 0.3 is 0 Å². The third-order valence-electron chi connectivity index (χ3n) is 6.61. The first-order chi connectivity index (χ1) is 17.1. The topological polar surface area (TPSA) is 150 Å². The highest BCUT2D eigenvalue weighted by atomic mass is 16.5. The molecule has 5 rings (SSSR count). The Balaban J connectivity index is 0.000000520. The van der Waals surface area contributed by atoms with Gasteiger partial charge in [-0.25, -0.2) is 9.50 Å². The van der Waals surface area contributed by atoms with Gasteiger partial charge in [0.25, 0.3) is 12.9 Å². The Labute approximate surface area is 203 Å². The first kappa shape index (κ1) is 26.2. The number of aryl methyl sites for hydroxylation is 1. The van der Waals surface area contributed by atoms with E-state index < -0.39 is 0 Å². The van der Waals surface area contributed by atoms with Crippen LogP contribution in [-0.2, 0) is 22.7 Å². The maximum Gasteiger partial charge on any atom is 0.290 e. The number of rotatable bonds is 5. The smallest absolute Gasteiger partial charge is 0.290 e. The standard InChI is InChI=1S/C21H29N7O.2CH2O2/c1-16-24-20(25-29-16)15-27-11-5-18(6-12-27)17-3-9-26(10-4-17)14-19-13-23-28-8-2-7-22-21(19)28;2*2-1-3/h2,7-8,13,17-18H,3-6,9-12,14-15H2,1H3;2*1H,(H,2,3). The minimum absolute atomic E-state index is 0.250. The van der Waals surface area contributed by atoms with Crippen LogP contribution in [0.15, 0.2) is 29.2 Å². The van der Waals surface area contributed by atoms with Gasteiger partial charge in [0.15, 0.2) is 11.5 Å². The van der Waals surface area contributed by atoms with Crippen molar-refractivity contribution in [3.8, 4) is 0 Å². The van der Waals surface area contributed by atoms with Crippen molar-refractivity contribution in [1.29, 1.82) is 0 Å². The molecule has 0 amide bonds. The van der Waals surface area contributed by atoms with Crippen LogP contribution in [0.2, 0.25) is 0 Å². The number of hydrogen-bond acceptors (Lipinski definition) is 9. The van der Waals surface area contributed by atoms with Gasteiger partial charge in [0.2, 0.25) is 5.89 Å². The van der Waals surface area contributed by atoms with E-state index in [-0.39, 0.29) is 12.9 Å². The average Bonchev–Trinajstić information content (AvgIpc) is 3.47. The Hall–Kier alpha value is -3.38. The third-order valence-corrected chi connectivity index (χ3v) is 6.61. The summed E-state index contributed by atoms with van der Waals surface area (Å²) in [5.41, 5.74) is 2.22. The summed E-state index contributed by atoms with van der Waals surface area (Å²) in [6, 6.07) is 1.92. The first-order valence-electron chi connectivity index (χ1n) is 11.7. The maximum absolute atomic E-state index is 8.36. The fourth-order valence-electron chi connectivity index (χ4n) is 5.00.